The smallest absolute Gasteiger partial charge is 0.378 e. The van der Waals surface area contributed by atoms with E-state index >= 15 is 0 Å². The maximum absolute atomic E-state index is 14.4. The fourth-order valence-electron chi connectivity index (χ4n) is 2.41. The molecule has 0 aliphatic heterocycles. The maximum Gasteiger partial charge on any atom is 0.378 e. The maximum atomic E-state index is 14.4. The van der Waals surface area contributed by atoms with Crippen LogP contribution in [0.25, 0.3) is 0 Å². The van der Waals surface area contributed by atoms with Gasteiger partial charge in [0.15, 0.2) is 0 Å². The van der Waals surface area contributed by atoms with Crippen molar-refractivity contribution in [3.05, 3.63) is 51.4 Å². The van der Waals surface area contributed by atoms with E-state index in [2.05, 4.69) is 14.7 Å². The fourth-order valence-corrected chi connectivity index (χ4v) is 2.53. The molecule has 2 aromatic rings. The number of methoxy groups -OCH3 is 1. The van der Waals surface area contributed by atoms with Crippen LogP contribution in [0.15, 0.2) is 30.5 Å². The van der Waals surface area contributed by atoms with Gasteiger partial charge in [-0.15, -0.1) is 0 Å². The predicted octanol–water partition coefficient (Wildman–Crippen LogP) is 3.25. The number of hydrogen-bond acceptors (Lipinski definition) is 8. The number of anilines is 1. The predicted molar refractivity (Wildman–Crippen MR) is 99.3 cm³/mol. The molecule has 0 unspecified atom stereocenters. The van der Waals surface area contributed by atoms with Crippen LogP contribution in [0.3, 0.4) is 0 Å². The first-order chi connectivity index (χ1) is 13.7. The highest BCUT2D eigenvalue weighted by atomic mass is 35.5. The summed E-state index contributed by atoms with van der Waals surface area (Å²) in [4.78, 5) is 30.3. The summed E-state index contributed by atoms with van der Waals surface area (Å²) in [6, 6.07) is 6.36. The lowest BCUT2D eigenvalue weighted by Crippen LogP contribution is -2.44. The molecular weight excluding hydrogens is 414 g/mol. The monoisotopic (exact) mass is 430 g/mol. The van der Waals surface area contributed by atoms with Gasteiger partial charge in [0.1, 0.15) is 11.9 Å². The molecule has 0 spiro atoms. The normalized spacial score (nSPS) is 11.1. The Morgan fingerprint density at radius 2 is 2.00 bits per heavy atom. The number of rotatable bonds is 9. The number of nitro groups is 1. The minimum Gasteiger partial charge on any atom is -0.497 e. The Bertz CT molecular complexity index is 883. The lowest BCUT2D eigenvalue weighted by molar-refractivity contribution is -0.384. The summed E-state index contributed by atoms with van der Waals surface area (Å²) >= 11 is 5.72. The highest BCUT2D eigenvalue weighted by Crippen LogP contribution is 2.31. The van der Waals surface area contributed by atoms with E-state index in [4.69, 9.17) is 16.3 Å². The lowest BCUT2D eigenvalue weighted by atomic mass is 10.2. The van der Waals surface area contributed by atoms with Crippen LogP contribution >= 0.6 is 11.6 Å². The van der Waals surface area contributed by atoms with E-state index < -0.39 is 34.9 Å². The van der Waals surface area contributed by atoms with E-state index in [-0.39, 0.29) is 18.4 Å². The van der Waals surface area contributed by atoms with E-state index in [9.17, 15) is 23.7 Å². The molecule has 9 nitrogen and oxygen atoms in total. The molecule has 0 N–H and O–H groups in total. The van der Waals surface area contributed by atoms with Crippen LogP contribution in [0, 0.1) is 10.1 Å². The van der Waals surface area contributed by atoms with Crippen molar-refractivity contribution in [2.24, 2.45) is 0 Å². The second-order valence-electron chi connectivity index (χ2n) is 5.73. The third-order valence-electron chi connectivity index (χ3n) is 3.71. The largest absolute Gasteiger partial charge is 0.497 e. The summed E-state index contributed by atoms with van der Waals surface area (Å²) in [7, 11) is 1.47. The van der Waals surface area contributed by atoms with Crippen molar-refractivity contribution in [1.29, 1.82) is 0 Å². The molecule has 0 atom stereocenters. The third kappa shape index (κ3) is 5.70. The molecule has 0 bridgehead atoms. The van der Waals surface area contributed by atoms with Crippen LogP contribution in [0.4, 0.5) is 20.3 Å². The number of benzene rings is 1. The highest BCUT2D eigenvalue weighted by molar-refractivity contribution is 6.28. The molecule has 0 saturated heterocycles. The summed E-state index contributed by atoms with van der Waals surface area (Å²) in [5.74, 6) is -5.61. The van der Waals surface area contributed by atoms with E-state index in [1.54, 1.807) is 24.3 Å². The van der Waals surface area contributed by atoms with E-state index in [0.29, 0.717) is 11.3 Å². The van der Waals surface area contributed by atoms with Gasteiger partial charge in [-0.05, 0) is 36.2 Å². The Morgan fingerprint density at radius 3 is 2.55 bits per heavy atom. The Balaban J connectivity index is 2.46. The van der Waals surface area contributed by atoms with Crippen molar-refractivity contribution in [2.75, 3.05) is 25.2 Å². The number of alkyl halides is 2. The molecule has 0 radical (unpaired) electrons. The topological polar surface area (TPSA) is 108 Å². The van der Waals surface area contributed by atoms with Gasteiger partial charge in [0, 0.05) is 6.54 Å². The lowest BCUT2D eigenvalue weighted by Gasteiger charge is -2.27. The zero-order valence-corrected chi connectivity index (χ0v) is 16.2. The number of carbonyl (C=O) groups is 1. The van der Waals surface area contributed by atoms with Crippen molar-refractivity contribution in [3.63, 3.8) is 0 Å². The molecule has 1 aromatic heterocycles. The number of carbonyl (C=O) groups excluding carboxylic acids is 1. The minimum absolute atomic E-state index is 0.229. The van der Waals surface area contributed by atoms with Crippen LogP contribution < -0.4 is 9.64 Å². The van der Waals surface area contributed by atoms with Gasteiger partial charge in [0.05, 0.1) is 25.2 Å². The first-order valence-corrected chi connectivity index (χ1v) is 8.65. The zero-order chi connectivity index (χ0) is 21.6. The van der Waals surface area contributed by atoms with E-state index in [1.807, 2.05) is 0 Å². The van der Waals surface area contributed by atoms with Crippen molar-refractivity contribution in [2.45, 2.75) is 19.4 Å². The zero-order valence-electron chi connectivity index (χ0n) is 15.5. The van der Waals surface area contributed by atoms with E-state index in [0.717, 1.165) is 11.1 Å². The molecule has 0 fully saturated rings. The highest BCUT2D eigenvalue weighted by Gasteiger charge is 2.44. The van der Waals surface area contributed by atoms with Crippen molar-refractivity contribution < 1.29 is 28.0 Å². The molecule has 12 heteroatoms. The molecule has 1 aromatic carbocycles. The second kappa shape index (κ2) is 9.41. The molecule has 1 heterocycles. The summed E-state index contributed by atoms with van der Waals surface area (Å²) < 4.78 is 38.3. The van der Waals surface area contributed by atoms with Crippen LogP contribution in [-0.4, -0.2) is 47.0 Å². The van der Waals surface area contributed by atoms with Crippen LogP contribution in [0.5, 0.6) is 5.75 Å². The Kier molecular flexibility index (Phi) is 7.21. The first-order valence-electron chi connectivity index (χ1n) is 8.27. The summed E-state index contributed by atoms with van der Waals surface area (Å²) in [5, 5.41) is 11.0. The van der Waals surface area contributed by atoms with Crippen molar-refractivity contribution in [3.8, 4) is 5.75 Å². The quantitative estimate of drug-likeness (QED) is 0.258. The summed E-state index contributed by atoms with van der Waals surface area (Å²) in [6.07, 6.45) is 0.814. The van der Waals surface area contributed by atoms with Crippen molar-refractivity contribution >= 4 is 29.1 Å². The fraction of sp³-hybridized carbons (Fsp3) is 0.353. The Labute approximate surface area is 169 Å². The Hall–Kier alpha value is -3.08. The van der Waals surface area contributed by atoms with Gasteiger partial charge in [-0.2, -0.15) is 13.8 Å². The molecule has 0 aliphatic carbocycles. The standard InChI is InChI=1S/C17H17ClF2N4O5/c1-3-29-15(25)17(19,20)10-23(9-11-4-6-12(28-2)7-5-11)14-13(24(26)27)8-21-16(18)22-14/h4-8H,3,9-10H2,1-2H3. The summed E-state index contributed by atoms with van der Waals surface area (Å²) in [5.41, 5.74) is -0.128. The van der Waals surface area contributed by atoms with Crippen LogP contribution in [0.2, 0.25) is 5.28 Å². The average molecular weight is 431 g/mol. The van der Waals surface area contributed by atoms with Crippen molar-refractivity contribution in [1.82, 2.24) is 9.97 Å². The van der Waals surface area contributed by atoms with Gasteiger partial charge in [-0.3, -0.25) is 10.1 Å². The van der Waals surface area contributed by atoms with E-state index in [1.165, 1.54) is 14.0 Å². The molecular formula is C17H17ClF2N4O5. The molecule has 0 aliphatic rings. The van der Waals surface area contributed by atoms with Gasteiger partial charge in [0.25, 0.3) is 0 Å². The number of ether oxygens (including phenoxy) is 2. The van der Waals surface area contributed by atoms with Gasteiger partial charge in [-0.1, -0.05) is 12.1 Å². The van der Waals surface area contributed by atoms with Crippen LogP contribution in [0.1, 0.15) is 12.5 Å². The average Bonchev–Trinajstić information content (AvgIpc) is 2.67. The third-order valence-corrected chi connectivity index (χ3v) is 3.89. The summed E-state index contributed by atoms with van der Waals surface area (Å²) in [6.45, 7) is -0.302. The Morgan fingerprint density at radius 1 is 1.34 bits per heavy atom. The van der Waals surface area contributed by atoms with Gasteiger partial charge < -0.3 is 14.4 Å². The molecule has 29 heavy (non-hydrogen) atoms. The molecule has 156 valence electrons. The number of nitrogens with zero attached hydrogens (tertiary/aromatic N) is 4. The minimum atomic E-state index is -3.95. The van der Waals surface area contributed by atoms with Gasteiger partial charge >= 0.3 is 17.6 Å². The van der Waals surface area contributed by atoms with Crippen LogP contribution in [-0.2, 0) is 16.1 Å². The number of halogens is 3. The number of hydrogen-bond donors (Lipinski definition) is 0. The molecule has 2 rings (SSSR count). The SMILES string of the molecule is CCOC(=O)C(F)(F)CN(Cc1ccc(OC)cc1)c1nc(Cl)ncc1[N+](=O)[O-]. The molecule has 0 saturated carbocycles. The van der Waals surface area contributed by atoms with Gasteiger partial charge in [-0.25, -0.2) is 9.78 Å². The molecule has 0 amide bonds. The van der Waals surface area contributed by atoms with Gasteiger partial charge in [0.2, 0.25) is 11.1 Å². The second-order valence-corrected chi connectivity index (χ2v) is 6.07. The number of esters is 1. The number of aromatic nitrogens is 2. The first kappa shape index (κ1) is 22.2.